The lowest BCUT2D eigenvalue weighted by atomic mass is 9.93. The topological polar surface area (TPSA) is 82.2 Å². The van der Waals surface area contributed by atoms with Crippen LogP contribution in [0.15, 0.2) is 35.5 Å². The molecule has 1 aromatic carbocycles. The molecule has 8 nitrogen and oxygen atoms in total. The third-order valence-electron chi connectivity index (χ3n) is 6.61. The van der Waals surface area contributed by atoms with Crippen molar-refractivity contribution in [1.29, 1.82) is 0 Å². The van der Waals surface area contributed by atoms with Gasteiger partial charge in [0.25, 0.3) is 0 Å². The van der Waals surface area contributed by atoms with E-state index in [1.54, 1.807) is 11.8 Å². The summed E-state index contributed by atoms with van der Waals surface area (Å²) in [5, 5.41) is 3.02. The molecule has 2 heterocycles. The van der Waals surface area contributed by atoms with E-state index in [4.69, 9.17) is 4.74 Å². The maximum atomic E-state index is 13.3. The van der Waals surface area contributed by atoms with Crippen molar-refractivity contribution in [3.63, 3.8) is 0 Å². The van der Waals surface area contributed by atoms with Crippen molar-refractivity contribution in [2.24, 2.45) is 5.92 Å². The lowest BCUT2D eigenvalue weighted by Crippen LogP contribution is -2.56. The van der Waals surface area contributed by atoms with E-state index in [1.807, 2.05) is 43.0 Å². The van der Waals surface area contributed by atoms with Crippen LogP contribution in [0, 0.1) is 12.8 Å². The number of hydrogen-bond donors (Lipinski definition) is 1. The highest BCUT2D eigenvalue weighted by Crippen LogP contribution is 2.32. The minimum Gasteiger partial charge on any atom is -0.463 e. The smallest absolute Gasteiger partial charge is 0.338 e. The van der Waals surface area contributed by atoms with Gasteiger partial charge >= 0.3 is 12.0 Å². The maximum absolute atomic E-state index is 13.3. The van der Waals surface area contributed by atoms with Crippen LogP contribution in [-0.4, -0.2) is 78.0 Å². The molecule has 1 fully saturated rings. The van der Waals surface area contributed by atoms with Crippen molar-refractivity contribution in [2.75, 3.05) is 39.3 Å². The zero-order chi connectivity index (χ0) is 25.7. The number of nitrogens with one attached hydrogen (secondary N) is 1. The lowest BCUT2D eigenvalue weighted by Gasteiger charge is -2.43. The molecular weight excluding hydrogens is 444 g/mol. The number of benzene rings is 1. The summed E-state index contributed by atoms with van der Waals surface area (Å²) in [6.45, 7) is 15.0. The summed E-state index contributed by atoms with van der Waals surface area (Å²) in [5.74, 6) is 0.0963. The number of ether oxygens (including phenoxy) is 1. The van der Waals surface area contributed by atoms with Crippen LogP contribution >= 0.6 is 0 Å². The van der Waals surface area contributed by atoms with Crippen molar-refractivity contribution in [1.82, 2.24) is 20.0 Å². The fraction of sp³-hybridized carbons (Fsp3) is 0.593. The summed E-state index contributed by atoms with van der Waals surface area (Å²) in [7, 11) is 0. The van der Waals surface area contributed by atoms with Gasteiger partial charge in [-0.15, -0.1) is 0 Å². The third-order valence-corrected chi connectivity index (χ3v) is 6.61. The number of hydrogen-bond acceptors (Lipinski definition) is 5. The number of nitrogens with zero attached hydrogens (tertiary/aromatic N) is 3. The van der Waals surface area contributed by atoms with Crippen LogP contribution in [0.1, 0.15) is 58.2 Å². The number of carbonyl (C=O) groups is 3. The van der Waals surface area contributed by atoms with Crippen LogP contribution in [0.2, 0.25) is 0 Å². The van der Waals surface area contributed by atoms with Gasteiger partial charge in [-0.25, -0.2) is 9.59 Å². The van der Waals surface area contributed by atoms with Crippen LogP contribution in [-0.2, 0) is 14.3 Å². The Balaban J connectivity index is 1.94. The highest BCUT2D eigenvalue weighted by atomic mass is 16.5. The average molecular weight is 485 g/mol. The van der Waals surface area contributed by atoms with Crippen LogP contribution in [0.5, 0.6) is 0 Å². The minimum absolute atomic E-state index is 0.0571. The molecule has 2 unspecified atom stereocenters. The van der Waals surface area contributed by atoms with Crippen molar-refractivity contribution in [3.05, 3.63) is 46.7 Å². The zero-order valence-corrected chi connectivity index (χ0v) is 22.0. The van der Waals surface area contributed by atoms with Crippen molar-refractivity contribution in [3.8, 4) is 0 Å². The maximum Gasteiger partial charge on any atom is 0.338 e. The molecule has 0 bridgehead atoms. The molecule has 0 saturated carbocycles. The number of esters is 1. The van der Waals surface area contributed by atoms with Crippen LogP contribution in [0.3, 0.4) is 0 Å². The Labute approximate surface area is 209 Å². The number of rotatable bonds is 8. The number of carbonyl (C=O) groups excluding carboxylic acids is 3. The SMILES string of the molecule is CCOC(=O)C1=C(CN2CCN(C(=O)CC(C)C)C(C)C2)N(CC)C(=O)NC1c1cccc(C)c1. The van der Waals surface area contributed by atoms with Gasteiger partial charge in [0.2, 0.25) is 5.91 Å². The van der Waals surface area contributed by atoms with Crippen molar-refractivity contribution < 1.29 is 19.1 Å². The molecule has 1 aromatic rings. The van der Waals surface area contributed by atoms with Gasteiger partial charge in [-0.3, -0.25) is 14.6 Å². The van der Waals surface area contributed by atoms with Gasteiger partial charge in [-0.1, -0.05) is 43.7 Å². The average Bonchev–Trinajstić information content (AvgIpc) is 2.78. The standard InChI is InChI=1S/C27H40N4O4/c1-7-30-22(17-29-12-13-31(20(6)16-29)23(32)14-18(3)4)24(26(33)35-8-2)25(28-27(30)34)21-11-9-10-19(5)15-21/h9-11,15,18,20,25H,7-8,12-14,16-17H2,1-6H3,(H,28,34). The highest BCUT2D eigenvalue weighted by molar-refractivity contribution is 5.95. The van der Waals surface area contributed by atoms with Crippen LogP contribution < -0.4 is 5.32 Å². The molecule has 3 rings (SSSR count). The molecule has 8 heteroatoms. The normalized spacial score (nSPS) is 21.4. The molecule has 2 aliphatic heterocycles. The van der Waals surface area contributed by atoms with Gasteiger partial charge < -0.3 is 15.0 Å². The van der Waals surface area contributed by atoms with E-state index < -0.39 is 12.0 Å². The van der Waals surface area contributed by atoms with Gasteiger partial charge in [0, 0.05) is 50.9 Å². The summed E-state index contributed by atoms with van der Waals surface area (Å²) in [6.07, 6.45) is 0.546. The van der Waals surface area contributed by atoms with Gasteiger partial charge in [0.05, 0.1) is 18.2 Å². The summed E-state index contributed by atoms with van der Waals surface area (Å²) >= 11 is 0. The Morgan fingerprint density at radius 2 is 1.94 bits per heavy atom. The summed E-state index contributed by atoms with van der Waals surface area (Å²) in [6, 6.07) is 7.10. The fourth-order valence-corrected chi connectivity index (χ4v) is 4.98. The van der Waals surface area contributed by atoms with Crippen molar-refractivity contribution >= 4 is 17.9 Å². The van der Waals surface area contributed by atoms with E-state index in [9.17, 15) is 14.4 Å². The monoisotopic (exact) mass is 484 g/mol. The van der Waals surface area contributed by atoms with E-state index in [0.29, 0.717) is 56.3 Å². The second-order valence-corrected chi connectivity index (χ2v) is 9.89. The lowest BCUT2D eigenvalue weighted by molar-refractivity contribution is -0.139. The second-order valence-electron chi connectivity index (χ2n) is 9.89. The Morgan fingerprint density at radius 3 is 2.54 bits per heavy atom. The first kappa shape index (κ1) is 26.7. The quantitative estimate of drug-likeness (QED) is 0.572. The van der Waals surface area contributed by atoms with E-state index in [-0.39, 0.29) is 24.6 Å². The molecule has 2 atom stereocenters. The summed E-state index contributed by atoms with van der Waals surface area (Å²) < 4.78 is 5.47. The molecule has 0 spiro atoms. The summed E-state index contributed by atoms with van der Waals surface area (Å²) in [4.78, 5) is 44.9. The predicted octanol–water partition coefficient (Wildman–Crippen LogP) is 3.48. The van der Waals surface area contributed by atoms with Crippen LogP contribution in [0.4, 0.5) is 4.79 Å². The molecule has 1 saturated heterocycles. The first-order valence-electron chi connectivity index (χ1n) is 12.7. The number of urea groups is 1. The van der Waals surface area contributed by atoms with Crippen molar-refractivity contribution in [2.45, 2.75) is 60.0 Å². The molecule has 192 valence electrons. The molecule has 3 amide bonds. The highest BCUT2D eigenvalue weighted by Gasteiger charge is 2.39. The molecule has 35 heavy (non-hydrogen) atoms. The molecule has 0 radical (unpaired) electrons. The molecule has 2 aliphatic rings. The number of piperazine rings is 1. The van der Waals surface area contributed by atoms with E-state index in [1.165, 1.54) is 0 Å². The third kappa shape index (κ3) is 6.23. The fourth-order valence-electron chi connectivity index (χ4n) is 4.98. The number of aryl methyl sites for hydroxylation is 1. The van der Waals surface area contributed by atoms with E-state index in [2.05, 4.69) is 31.0 Å². The largest absolute Gasteiger partial charge is 0.463 e. The van der Waals surface area contributed by atoms with Gasteiger partial charge in [-0.2, -0.15) is 0 Å². The molecule has 1 N–H and O–H groups in total. The van der Waals surface area contributed by atoms with Gasteiger partial charge in [0.15, 0.2) is 0 Å². The van der Waals surface area contributed by atoms with E-state index >= 15 is 0 Å². The summed E-state index contributed by atoms with van der Waals surface area (Å²) in [5.41, 5.74) is 3.06. The Hall–Kier alpha value is -2.87. The first-order valence-corrected chi connectivity index (χ1v) is 12.7. The first-order chi connectivity index (χ1) is 16.7. The predicted molar refractivity (Wildman–Crippen MR) is 136 cm³/mol. The Bertz CT molecular complexity index is 974. The molecule has 0 aromatic heterocycles. The van der Waals surface area contributed by atoms with E-state index in [0.717, 1.165) is 11.1 Å². The van der Waals surface area contributed by atoms with Crippen LogP contribution in [0.25, 0.3) is 0 Å². The minimum atomic E-state index is -0.578. The van der Waals surface area contributed by atoms with Gasteiger partial charge in [0.1, 0.15) is 0 Å². The Morgan fingerprint density at radius 1 is 1.20 bits per heavy atom. The van der Waals surface area contributed by atoms with Gasteiger partial charge in [-0.05, 0) is 39.2 Å². The second kappa shape index (κ2) is 11.7. The number of likely N-dealkylation sites (N-methyl/N-ethyl adjacent to an activating group) is 1. The molecular formula is C27H40N4O4. The zero-order valence-electron chi connectivity index (χ0n) is 22.0. The Kier molecular flexibility index (Phi) is 8.94. The molecule has 0 aliphatic carbocycles. The number of amides is 3.